The van der Waals surface area contributed by atoms with E-state index in [1.807, 2.05) is 6.07 Å². The third kappa shape index (κ3) is 2.38. The maximum atomic E-state index is 13.6. The minimum Gasteiger partial charge on any atom is -0.368 e. The highest BCUT2D eigenvalue weighted by Crippen LogP contribution is 2.24. The number of anilines is 1. The summed E-state index contributed by atoms with van der Waals surface area (Å²) in [7, 11) is 2.11. The first-order chi connectivity index (χ1) is 8.67. The molecule has 3 nitrogen and oxygen atoms in total. The van der Waals surface area contributed by atoms with Gasteiger partial charge in [-0.2, -0.15) is 0 Å². The zero-order chi connectivity index (χ0) is 13.1. The third-order valence-electron chi connectivity index (χ3n) is 3.74. The molecule has 1 aromatic carbocycles. The fraction of sp³-hybridized carbons (Fsp3) is 0.500. The number of piperazine rings is 1. The molecule has 1 unspecified atom stereocenters. The second-order valence-electron chi connectivity index (χ2n) is 4.78. The molecule has 1 fully saturated rings. The first-order valence-electron chi connectivity index (χ1n) is 6.36. The van der Waals surface area contributed by atoms with Crippen molar-refractivity contribution in [3.8, 4) is 0 Å². The molecule has 0 saturated carbocycles. The smallest absolute Gasteiger partial charge is 0.155 e. The van der Waals surface area contributed by atoms with Gasteiger partial charge in [0.1, 0.15) is 5.82 Å². The molecule has 1 heterocycles. The molecule has 0 N–H and O–H groups in total. The molecule has 18 heavy (non-hydrogen) atoms. The fourth-order valence-electron chi connectivity index (χ4n) is 2.52. The lowest BCUT2D eigenvalue weighted by Gasteiger charge is -2.40. The monoisotopic (exact) mass is 250 g/mol. The lowest BCUT2D eigenvalue weighted by Crippen LogP contribution is -2.51. The molecule has 0 radical (unpaired) electrons. The van der Waals surface area contributed by atoms with E-state index in [2.05, 4.69) is 23.8 Å². The summed E-state index contributed by atoms with van der Waals surface area (Å²) < 4.78 is 13.6. The van der Waals surface area contributed by atoms with Crippen LogP contribution in [0.5, 0.6) is 0 Å². The van der Waals surface area contributed by atoms with Crippen LogP contribution >= 0.6 is 0 Å². The Balaban J connectivity index is 2.27. The van der Waals surface area contributed by atoms with Crippen molar-refractivity contribution >= 4 is 12.0 Å². The Kier molecular flexibility index (Phi) is 3.97. The summed E-state index contributed by atoms with van der Waals surface area (Å²) in [4.78, 5) is 15.5. The van der Waals surface area contributed by atoms with Crippen LogP contribution < -0.4 is 4.90 Å². The van der Waals surface area contributed by atoms with Crippen LogP contribution in [-0.4, -0.2) is 43.9 Å². The van der Waals surface area contributed by atoms with Crippen LogP contribution in [0.3, 0.4) is 0 Å². The van der Waals surface area contributed by atoms with Crippen molar-refractivity contribution in [3.63, 3.8) is 0 Å². The van der Waals surface area contributed by atoms with Crippen LogP contribution in [0.1, 0.15) is 23.7 Å². The fourth-order valence-corrected chi connectivity index (χ4v) is 2.52. The Morgan fingerprint density at radius 2 is 2.22 bits per heavy atom. The topological polar surface area (TPSA) is 23.6 Å². The molecule has 98 valence electrons. The molecular weight excluding hydrogens is 231 g/mol. The van der Waals surface area contributed by atoms with Crippen LogP contribution in [0.2, 0.25) is 0 Å². The maximum absolute atomic E-state index is 13.6. The molecule has 1 aliphatic heterocycles. The molecule has 0 aromatic heterocycles. The zero-order valence-electron chi connectivity index (χ0n) is 10.9. The molecule has 0 bridgehead atoms. The van der Waals surface area contributed by atoms with E-state index in [-0.39, 0.29) is 5.56 Å². The van der Waals surface area contributed by atoms with Gasteiger partial charge in [-0.3, -0.25) is 9.69 Å². The summed E-state index contributed by atoms with van der Waals surface area (Å²) in [5.41, 5.74) is 0.897. The van der Waals surface area contributed by atoms with Gasteiger partial charge < -0.3 is 4.90 Å². The number of halogens is 1. The van der Waals surface area contributed by atoms with Gasteiger partial charge in [0.2, 0.25) is 0 Å². The third-order valence-corrected chi connectivity index (χ3v) is 3.74. The van der Waals surface area contributed by atoms with Crippen molar-refractivity contribution < 1.29 is 9.18 Å². The Morgan fingerprint density at radius 3 is 2.89 bits per heavy atom. The molecule has 1 atom stereocenters. The number of benzene rings is 1. The van der Waals surface area contributed by atoms with Crippen molar-refractivity contribution in [1.29, 1.82) is 0 Å². The lowest BCUT2D eigenvalue weighted by molar-refractivity contribution is 0.112. The van der Waals surface area contributed by atoms with Crippen molar-refractivity contribution in [2.75, 3.05) is 31.6 Å². The predicted molar refractivity (Wildman–Crippen MR) is 70.7 cm³/mol. The summed E-state index contributed by atoms with van der Waals surface area (Å²) in [6.45, 7) is 4.76. The molecule has 1 aromatic rings. The van der Waals surface area contributed by atoms with E-state index in [4.69, 9.17) is 0 Å². The summed E-state index contributed by atoms with van der Waals surface area (Å²) in [5, 5.41) is 0. The SMILES string of the molecule is CCC1CN(c2cccc(F)c2C=O)CCN1C. The standard InChI is InChI=1S/C14H19FN2O/c1-3-11-9-17(8-7-16(11)2)14-6-4-5-13(15)12(14)10-18/h4-6,10-11H,3,7-9H2,1-2H3. The molecule has 1 saturated heterocycles. The average Bonchev–Trinajstić information content (AvgIpc) is 2.39. The van der Waals surface area contributed by atoms with Gasteiger partial charge in [0.25, 0.3) is 0 Å². The van der Waals surface area contributed by atoms with E-state index in [1.165, 1.54) is 6.07 Å². The quantitative estimate of drug-likeness (QED) is 0.768. The van der Waals surface area contributed by atoms with Gasteiger partial charge in [0.05, 0.1) is 11.3 Å². The largest absolute Gasteiger partial charge is 0.368 e. The number of aldehydes is 1. The number of likely N-dealkylation sites (N-methyl/N-ethyl adjacent to an activating group) is 1. The van der Waals surface area contributed by atoms with Crippen LogP contribution in [0, 0.1) is 5.82 Å². The summed E-state index contributed by atoms with van der Waals surface area (Å²) in [5.74, 6) is -0.436. The first kappa shape index (κ1) is 13.0. The van der Waals surface area contributed by atoms with Crippen molar-refractivity contribution in [3.05, 3.63) is 29.6 Å². The number of carbonyl (C=O) groups is 1. The highest BCUT2D eigenvalue weighted by molar-refractivity contribution is 5.85. The Bertz CT molecular complexity index is 436. The van der Waals surface area contributed by atoms with Crippen molar-refractivity contribution in [2.24, 2.45) is 0 Å². The average molecular weight is 250 g/mol. The zero-order valence-corrected chi connectivity index (χ0v) is 10.9. The number of hydrogen-bond donors (Lipinski definition) is 0. The van der Waals surface area contributed by atoms with E-state index >= 15 is 0 Å². The van der Waals surface area contributed by atoms with E-state index < -0.39 is 5.82 Å². The van der Waals surface area contributed by atoms with Crippen molar-refractivity contribution in [2.45, 2.75) is 19.4 Å². The van der Waals surface area contributed by atoms with Gasteiger partial charge in [0.15, 0.2) is 6.29 Å². The van der Waals surface area contributed by atoms with Crippen LogP contribution in [-0.2, 0) is 0 Å². The van der Waals surface area contributed by atoms with Gasteiger partial charge in [-0.25, -0.2) is 4.39 Å². The summed E-state index contributed by atoms with van der Waals surface area (Å²) in [6.07, 6.45) is 1.67. The molecule has 0 aliphatic carbocycles. The molecule has 0 amide bonds. The molecule has 1 aliphatic rings. The molecule has 0 spiro atoms. The van der Waals surface area contributed by atoms with Crippen LogP contribution in [0.15, 0.2) is 18.2 Å². The molecule has 2 rings (SSSR count). The number of rotatable bonds is 3. The number of carbonyl (C=O) groups excluding carboxylic acids is 1. The second kappa shape index (κ2) is 5.48. The molecule has 4 heteroatoms. The Labute approximate surface area is 107 Å². The number of nitrogens with zero attached hydrogens (tertiary/aromatic N) is 2. The van der Waals surface area contributed by atoms with E-state index in [1.54, 1.807) is 6.07 Å². The lowest BCUT2D eigenvalue weighted by atomic mass is 10.1. The van der Waals surface area contributed by atoms with Crippen LogP contribution in [0.25, 0.3) is 0 Å². The van der Waals surface area contributed by atoms with Crippen molar-refractivity contribution in [1.82, 2.24) is 4.90 Å². The Hall–Kier alpha value is -1.42. The van der Waals surface area contributed by atoms with Gasteiger partial charge in [-0.1, -0.05) is 13.0 Å². The Morgan fingerprint density at radius 1 is 1.44 bits per heavy atom. The summed E-state index contributed by atoms with van der Waals surface area (Å²) in [6, 6.07) is 5.28. The highest BCUT2D eigenvalue weighted by Gasteiger charge is 2.24. The minimum absolute atomic E-state index is 0.178. The van der Waals surface area contributed by atoms with Gasteiger partial charge >= 0.3 is 0 Å². The summed E-state index contributed by atoms with van der Waals surface area (Å²) >= 11 is 0. The maximum Gasteiger partial charge on any atom is 0.155 e. The normalized spacial score (nSPS) is 21.1. The minimum atomic E-state index is -0.436. The highest BCUT2D eigenvalue weighted by atomic mass is 19.1. The molecular formula is C14H19FN2O. The van der Waals surface area contributed by atoms with E-state index in [0.717, 1.165) is 31.7 Å². The van der Waals surface area contributed by atoms with E-state index in [0.29, 0.717) is 12.3 Å². The van der Waals surface area contributed by atoms with Gasteiger partial charge in [-0.05, 0) is 25.6 Å². The van der Waals surface area contributed by atoms with E-state index in [9.17, 15) is 9.18 Å². The van der Waals surface area contributed by atoms with Gasteiger partial charge in [-0.15, -0.1) is 0 Å². The first-order valence-corrected chi connectivity index (χ1v) is 6.36. The van der Waals surface area contributed by atoms with Crippen LogP contribution in [0.4, 0.5) is 10.1 Å². The second-order valence-corrected chi connectivity index (χ2v) is 4.78. The van der Waals surface area contributed by atoms with Gasteiger partial charge in [0, 0.05) is 25.7 Å². The number of hydrogen-bond acceptors (Lipinski definition) is 3. The predicted octanol–water partition coefficient (Wildman–Crippen LogP) is 2.17.